The monoisotopic (exact) mass is 432 g/mol. The van der Waals surface area contributed by atoms with Crippen molar-refractivity contribution in [3.8, 4) is 0 Å². The molecule has 22 heavy (non-hydrogen) atoms. The molecule has 0 aliphatic carbocycles. The molecule has 2 rings (SSSR count). The molecular formula is C15H8Br2F2O3. The van der Waals surface area contributed by atoms with Crippen LogP contribution in [0, 0.1) is 11.6 Å². The molecule has 3 nitrogen and oxygen atoms in total. The lowest BCUT2D eigenvalue weighted by atomic mass is 10.1. The predicted octanol–water partition coefficient (Wildman–Crippen LogP) is 4.42. The van der Waals surface area contributed by atoms with Crippen LogP contribution >= 0.6 is 31.9 Å². The van der Waals surface area contributed by atoms with Crippen LogP contribution in [0.25, 0.3) is 0 Å². The Morgan fingerprint density at radius 2 is 1.55 bits per heavy atom. The van der Waals surface area contributed by atoms with Gasteiger partial charge in [-0.15, -0.1) is 0 Å². The van der Waals surface area contributed by atoms with Gasteiger partial charge < -0.3 is 4.74 Å². The van der Waals surface area contributed by atoms with Crippen molar-refractivity contribution in [3.05, 3.63) is 68.1 Å². The van der Waals surface area contributed by atoms with Gasteiger partial charge in [-0.2, -0.15) is 0 Å². The SMILES string of the molecule is O=C(Cc1ccc(Br)c(F)c1)OC(=O)c1ccc(Br)c(F)c1. The maximum absolute atomic E-state index is 13.3. The molecule has 0 N–H and O–H groups in total. The number of esters is 2. The molecule has 0 spiro atoms. The van der Waals surface area contributed by atoms with Crippen molar-refractivity contribution in [2.75, 3.05) is 0 Å². The number of carbonyl (C=O) groups excluding carboxylic acids is 2. The van der Waals surface area contributed by atoms with Crippen LogP contribution in [0.3, 0.4) is 0 Å². The third-order valence-corrected chi connectivity index (χ3v) is 3.98. The van der Waals surface area contributed by atoms with Crippen LogP contribution in [0.4, 0.5) is 8.78 Å². The summed E-state index contributed by atoms with van der Waals surface area (Å²) in [5, 5.41) is 0. The van der Waals surface area contributed by atoms with E-state index in [1.54, 1.807) is 0 Å². The standard InChI is InChI=1S/C15H8Br2F2O3/c16-10-3-1-8(5-12(10)18)6-14(20)22-15(21)9-2-4-11(17)13(19)7-9/h1-5,7H,6H2. The molecule has 114 valence electrons. The van der Waals surface area contributed by atoms with Gasteiger partial charge in [0.2, 0.25) is 0 Å². The molecular weight excluding hydrogens is 426 g/mol. The highest BCUT2D eigenvalue weighted by atomic mass is 79.9. The molecule has 0 heterocycles. The van der Waals surface area contributed by atoms with Gasteiger partial charge >= 0.3 is 11.9 Å². The average Bonchev–Trinajstić information content (AvgIpc) is 2.45. The molecule has 0 atom stereocenters. The Bertz CT molecular complexity index is 748. The largest absolute Gasteiger partial charge is 0.389 e. The van der Waals surface area contributed by atoms with Crippen LogP contribution in [0.1, 0.15) is 15.9 Å². The Morgan fingerprint density at radius 3 is 2.14 bits per heavy atom. The van der Waals surface area contributed by atoms with Crippen LogP contribution in [0.5, 0.6) is 0 Å². The minimum Gasteiger partial charge on any atom is -0.389 e. The van der Waals surface area contributed by atoms with E-state index in [1.807, 2.05) is 0 Å². The number of ether oxygens (including phenoxy) is 1. The molecule has 7 heteroatoms. The molecule has 0 amide bonds. The van der Waals surface area contributed by atoms with E-state index in [1.165, 1.54) is 24.3 Å². The van der Waals surface area contributed by atoms with E-state index in [4.69, 9.17) is 0 Å². The lowest BCUT2D eigenvalue weighted by Gasteiger charge is -2.05. The first-order valence-corrected chi connectivity index (χ1v) is 7.59. The second-order valence-electron chi connectivity index (χ2n) is 4.32. The topological polar surface area (TPSA) is 43.4 Å². The lowest BCUT2D eigenvalue weighted by molar-refractivity contribution is -0.137. The van der Waals surface area contributed by atoms with Gasteiger partial charge in [0, 0.05) is 0 Å². The zero-order chi connectivity index (χ0) is 16.3. The smallest absolute Gasteiger partial charge is 0.345 e. The Kier molecular flexibility index (Phi) is 5.42. The maximum Gasteiger partial charge on any atom is 0.345 e. The van der Waals surface area contributed by atoms with Gasteiger partial charge in [-0.05, 0) is 67.8 Å². The summed E-state index contributed by atoms with van der Waals surface area (Å²) in [5.74, 6) is -2.98. The number of rotatable bonds is 3. The Balaban J connectivity index is 2.03. The second kappa shape index (κ2) is 7.11. The van der Waals surface area contributed by atoms with E-state index in [2.05, 4.69) is 36.6 Å². The quantitative estimate of drug-likeness (QED) is 0.531. The highest BCUT2D eigenvalue weighted by Gasteiger charge is 2.15. The molecule has 0 aromatic heterocycles. The highest BCUT2D eigenvalue weighted by Crippen LogP contribution is 2.18. The normalized spacial score (nSPS) is 10.4. The Hall–Kier alpha value is -1.60. The van der Waals surface area contributed by atoms with Gasteiger partial charge in [0.1, 0.15) is 11.6 Å². The van der Waals surface area contributed by atoms with E-state index in [9.17, 15) is 18.4 Å². The van der Waals surface area contributed by atoms with Crippen LogP contribution in [-0.4, -0.2) is 11.9 Å². The van der Waals surface area contributed by atoms with Crippen molar-refractivity contribution < 1.29 is 23.1 Å². The number of hydrogen-bond acceptors (Lipinski definition) is 3. The first kappa shape index (κ1) is 16.8. The Labute approximate surface area is 141 Å². The predicted molar refractivity (Wildman–Crippen MR) is 82.3 cm³/mol. The van der Waals surface area contributed by atoms with Gasteiger partial charge in [0.25, 0.3) is 0 Å². The molecule has 0 aliphatic rings. The van der Waals surface area contributed by atoms with Crippen molar-refractivity contribution in [3.63, 3.8) is 0 Å². The summed E-state index contributed by atoms with van der Waals surface area (Å²) in [6.45, 7) is 0. The fourth-order valence-electron chi connectivity index (χ4n) is 1.64. The molecule has 2 aromatic carbocycles. The molecule has 0 aliphatic heterocycles. The third kappa shape index (κ3) is 4.20. The van der Waals surface area contributed by atoms with E-state index < -0.39 is 23.6 Å². The van der Waals surface area contributed by atoms with Crippen LogP contribution in [0.15, 0.2) is 45.3 Å². The van der Waals surface area contributed by atoms with Gasteiger partial charge in [0.15, 0.2) is 0 Å². The van der Waals surface area contributed by atoms with Crippen molar-refractivity contribution in [2.24, 2.45) is 0 Å². The first-order valence-electron chi connectivity index (χ1n) is 6.01. The van der Waals surface area contributed by atoms with E-state index >= 15 is 0 Å². The summed E-state index contributed by atoms with van der Waals surface area (Å²) in [5.41, 5.74) is 0.275. The van der Waals surface area contributed by atoms with Crippen molar-refractivity contribution in [1.29, 1.82) is 0 Å². The molecule has 0 radical (unpaired) electrons. The minimum atomic E-state index is -0.964. The van der Waals surface area contributed by atoms with E-state index in [-0.39, 0.29) is 20.9 Å². The van der Waals surface area contributed by atoms with Gasteiger partial charge in [0.05, 0.1) is 20.9 Å². The van der Waals surface area contributed by atoms with E-state index in [0.29, 0.717) is 5.56 Å². The lowest BCUT2D eigenvalue weighted by Crippen LogP contribution is -2.15. The summed E-state index contributed by atoms with van der Waals surface area (Å²) in [6.07, 6.45) is -0.269. The molecule has 0 fully saturated rings. The van der Waals surface area contributed by atoms with Gasteiger partial charge in [-0.25, -0.2) is 13.6 Å². The summed E-state index contributed by atoms with van der Waals surface area (Å²) < 4.78 is 31.7. The molecule has 0 saturated carbocycles. The summed E-state index contributed by atoms with van der Waals surface area (Å²) >= 11 is 5.95. The van der Waals surface area contributed by atoms with Crippen LogP contribution in [0.2, 0.25) is 0 Å². The maximum atomic E-state index is 13.3. The third-order valence-electron chi connectivity index (χ3n) is 2.69. The molecule has 0 bridgehead atoms. The van der Waals surface area contributed by atoms with E-state index in [0.717, 1.165) is 12.1 Å². The van der Waals surface area contributed by atoms with Gasteiger partial charge in [-0.1, -0.05) is 6.07 Å². The number of hydrogen-bond donors (Lipinski definition) is 0. The highest BCUT2D eigenvalue weighted by molar-refractivity contribution is 9.10. The summed E-state index contributed by atoms with van der Waals surface area (Å²) in [6, 6.07) is 7.75. The number of halogens is 4. The van der Waals surface area contributed by atoms with Crippen LogP contribution < -0.4 is 0 Å². The Morgan fingerprint density at radius 1 is 0.955 bits per heavy atom. The van der Waals surface area contributed by atoms with Gasteiger partial charge in [-0.3, -0.25) is 4.79 Å². The zero-order valence-corrected chi connectivity index (χ0v) is 14.1. The number of benzene rings is 2. The van der Waals surface area contributed by atoms with Crippen molar-refractivity contribution in [1.82, 2.24) is 0 Å². The first-order chi connectivity index (χ1) is 10.4. The fourth-order valence-corrected chi connectivity index (χ4v) is 2.13. The molecule has 0 saturated heterocycles. The zero-order valence-electron chi connectivity index (χ0n) is 10.9. The summed E-state index contributed by atoms with van der Waals surface area (Å²) in [7, 11) is 0. The summed E-state index contributed by atoms with van der Waals surface area (Å²) in [4.78, 5) is 23.4. The van der Waals surface area contributed by atoms with Crippen molar-refractivity contribution >= 4 is 43.8 Å². The van der Waals surface area contributed by atoms with Crippen LogP contribution in [-0.2, 0) is 16.0 Å². The molecule has 2 aromatic rings. The second-order valence-corrected chi connectivity index (χ2v) is 6.02. The molecule has 0 unspecified atom stereocenters. The fraction of sp³-hybridized carbons (Fsp3) is 0.0667. The van der Waals surface area contributed by atoms with Crippen molar-refractivity contribution in [2.45, 2.75) is 6.42 Å². The average molecular weight is 434 g/mol. The number of carbonyl (C=O) groups is 2. The minimum absolute atomic E-state index is 0.0870.